The van der Waals surface area contributed by atoms with Gasteiger partial charge >= 0.3 is 5.97 Å². The molecule has 0 unspecified atom stereocenters. The summed E-state index contributed by atoms with van der Waals surface area (Å²) >= 11 is 3.18. The minimum Gasteiger partial charge on any atom is -0.507 e. The fraction of sp³-hybridized carbons (Fsp3) is 0.333. The topological polar surface area (TPSA) is 98.1 Å². The highest BCUT2D eigenvalue weighted by Gasteiger charge is 2.39. The molecule has 6 nitrogen and oxygen atoms in total. The normalized spacial score (nSPS) is 22.5. The summed E-state index contributed by atoms with van der Waals surface area (Å²) in [5.41, 5.74) is 0.00900. The first-order valence-corrected chi connectivity index (χ1v) is 6.40. The molecule has 1 amide bonds. The third-order valence-corrected chi connectivity index (χ3v) is 3.51. The molecule has 0 spiro atoms. The Hall–Kier alpha value is -1.60. The highest BCUT2D eigenvalue weighted by atomic mass is 79.9. The minimum atomic E-state index is -1.17. The Kier molecular flexibility index (Phi) is 3.77. The van der Waals surface area contributed by atoms with Crippen LogP contribution in [0.15, 0.2) is 22.7 Å². The number of nitrogens with zero attached hydrogens (tertiary/aromatic N) is 1. The number of likely N-dealkylation sites (tertiary alicyclic amines) is 1. The molecule has 1 fully saturated rings. The lowest BCUT2D eigenvalue weighted by Gasteiger charge is -2.21. The van der Waals surface area contributed by atoms with Gasteiger partial charge in [-0.3, -0.25) is 4.79 Å². The number of phenolic OH excluding ortho intramolecular Hbond substituents is 1. The van der Waals surface area contributed by atoms with Crippen molar-refractivity contribution in [2.45, 2.75) is 18.6 Å². The van der Waals surface area contributed by atoms with Gasteiger partial charge in [0, 0.05) is 17.4 Å². The molecule has 1 aromatic carbocycles. The smallest absolute Gasteiger partial charge is 0.326 e. The molecule has 0 aliphatic carbocycles. The number of halogens is 1. The van der Waals surface area contributed by atoms with Crippen molar-refractivity contribution in [2.75, 3.05) is 6.54 Å². The summed E-state index contributed by atoms with van der Waals surface area (Å²) in [5, 5.41) is 28.2. The molecule has 2 rings (SSSR count). The lowest BCUT2D eigenvalue weighted by Crippen LogP contribution is -2.40. The number of rotatable bonds is 2. The maximum absolute atomic E-state index is 12.3. The maximum Gasteiger partial charge on any atom is 0.326 e. The van der Waals surface area contributed by atoms with Gasteiger partial charge in [-0.05, 0) is 18.2 Å². The van der Waals surface area contributed by atoms with Crippen LogP contribution in [0.5, 0.6) is 5.75 Å². The van der Waals surface area contributed by atoms with E-state index in [-0.39, 0.29) is 24.3 Å². The largest absolute Gasteiger partial charge is 0.507 e. The van der Waals surface area contributed by atoms with Crippen LogP contribution in [-0.4, -0.2) is 50.8 Å². The molecule has 1 saturated heterocycles. The highest BCUT2D eigenvalue weighted by Crippen LogP contribution is 2.27. The molecular formula is C12H12BrNO5. The zero-order chi connectivity index (χ0) is 14.2. The first-order valence-electron chi connectivity index (χ1n) is 5.60. The van der Waals surface area contributed by atoms with Gasteiger partial charge in [0.05, 0.1) is 11.7 Å². The van der Waals surface area contributed by atoms with E-state index in [1.165, 1.54) is 12.1 Å². The Morgan fingerprint density at radius 1 is 1.37 bits per heavy atom. The summed E-state index contributed by atoms with van der Waals surface area (Å²) in [4.78, 5) is 24.4. The second-order valence-corrected chi connectivity index (χ2v) is 5.28. The summed E-state index contributed by atoms with van der Waals surface area (Å²) in [7, 11) is 0. The number of amides is 1. The van der Waals surface area contributed by atoms with Crippen LogP contribution in [0, 0.1) is 0 Å². The van der Waals surface area contributed by atoms with Crippen LogP contribution in [-0.2, 0) is 4.79 Å². The number of aromatic hydroxyl groups is 1. The number of phenols is 1. The van der Waals surface area contributed by atoms with E-state index < -0.39 is 24.0 Å². The van der Waals surface area contributed by atoms with Gasteiger partial charge in [-0.25, -0.2) is 4.79 Å². The molecule has 0 radical (unpaired) electrons. The predicted octanol–water partition coefficient (Wildman–Crippen LogP) is 0.815. The Morgan fingerprint density at radius 3 is 2.68 bits per heavy atom. The second kappa shape index (κ2) is 5.18. The number of carbonyl (C=O) groups is 2. The van der Waals surface area contributed by atoms with Crippen molar-refractivity contribution >= 4 is 27.8 Å². The molecule has 3 N–H and O–H groups in total. The number of β-amino-alcohol motifs (C(OH)–C–C–N with tert-alkyl or cyclic N) is 1. The van der Waals surface area contributed by atoms with Crippen LogP contribution in [0.3, 0.4) is 0 Å². The quantitative estimate of drug-likeness (QED) is 0.746. The number of hydrogen-bond acceptors (Lipinski definition) is 4. The van der Waals surface area contributed by atoms with Crippen molar-refractivity contribution in [3.05, 3.63) is 28.2 Å². The van der Waals surface area contributed by atoms with Crippen LogP contribution in [0.4, 0.5) is 0 Å². The summed E-state index contributed by atoms with van der Waals surface area (Å²) < 4.78 is 0.597. The van der Waals surface area contributed by atoms with E-state index in [1.807, 2.05) is 0 Å². The number of carboxylic acids is 1. The lowest BCUT2D eigenvalue weighted by atomic mass is 10.1. The van der Waals surface area contributed by atoms with E-state index in [2.05, 4.69) is 15.9 Å². The fourth-order valence-electron chi connectivity index (χ4n) is 2.11. The molecular weight excluding hydrogens is 318 g/mol. The van der Waals surface area contributed by atoms with Gasteiger partial charge in [0.15, 0.2) is 0 Å². The summed E-state index contributed by atoms with van der Waals surface area (Å²) in [6, 6.07) is 3.27. The third kappa shape index (κ3) is 2.71. The fourth-order valence-corrected chi connectivity index (χ4v) is 2.47. The van der Waals surface area contributed by atoms with E-state index in [0.717, 1.165) is 4.90 Å². The SMILES string of the molecule is O=C(O)[C@@H]1C[C@H](O)CN1C(=O)c1cc(Br)ccc1O. The molecule has 7 heteroatoms. The van der Waals surface area contributed by atoms with Gasteiger partial charge < -0.3 is 20.2 Å². The molecule has 19 heavy (non-hydrogen) atoms. The first kappa shape index (κ1) is 13.8. The number of aliphatic carboxylic acids is 1. The van der Waals surface area contributed by atoms with Crippen LogP contribution < -0.4 is 0 Å². The molecule has 1 heterocycles. The molecule has 1 aliphatic heterocycles. The number of aliphatic hydroxyl groups excluding tert-OH is 1. The average molecular weight is 330 g/mol. The molecule has 1 aromatic rings. The minimum absolute atomic E-state index is 0.00413. The number of aliphatic hydroxyl groups is 1. The molecule has 0 aromatic heterocycles. The van der Waals surface area contributed by atoms with E-state index in [4.69, 9.17) is 5.11 Å². The molecule has 2 atom stereocenters. The van der Waals surface area contributed by atoms with Crippen LogP contribution in [0.1, 0.15) is 16.8 Å². The molecule has 0 saturated carbocycles. The highest BCUT2D eigenvalue weighted by molar-refractivity contribution is 9.10. The monoisotopic (exact) mass is 329 g/mol. The zero-order valence-corrected chi connectivity index (χ0v) is 11.4. The van der Waals surface area contributed by atoms with Gasteiger partial charge in [0.1, 0.15) is 11.8 Å². The summed E-state index contributed by atoms with van der Waals surface area (Å²) in [5.74, 6) is -2.00. The van der Waals surface area contributed by atoms with Gasteiger partial charge in [-0.15, -0.1) is 0 Å². The number of carbonyl (C=O) groups excluding carboxylic acids is 1. The second-order valence-electron chi connectivity index (χ2n) is 4.36. The Balaban J connectivity index is 2.33. The van der Waals surface area contributed by atoms with Crippen molar-refractivity contribution in [3.63, 3.8) is 0 Å². The van der Waals surface area contributed by atoms with E-state index in [1.54, 1.807) is 6.07 Å². The summed E-state index contributed by atoms with van der Waals surface area (Å²) in [6.45, 7) is -0.0538. The van der Waals surface area contributed by atoms with Crippen molar-refractivity contribution < 1.29 is 24.9 Å². The van der Waals surface area contributed by atoms with Crippen molar-refractivity contribution in [3.8, 4) is 5.75 Å². The van der Waals surface area contributed by atoms with Crippen LogP contribution in [0.2, 0.25) is 0 Å². The number of carboxylic acid groups (broad SMARTS) is 1. The Morgan fingerprint density at radius 2 is 2.05 bits per heavy atom. The van der Waals surface area contributed by atoms with Crippen LogP contribution >= 0.6 is 15.9 Å². The lowest BCUT2D eigenvalue weighted by molar-refractivity contribution is -0.141. The van der Waals surface area contributed by atoms with Crippen molar-refractivity contribution in [1.82, 2.24) is 4.90 Å². The van der Waals surface area contributed by atoms with Gasteiger partial charge in [0.2, 0.25) is 0 Å². The third-order valence-electron chi connectivity index (χ3n) is 3.01. The van der Waals surface area contributed by atoms with E-state index >= 15 is 0 Å². The van der Waals surface area contributed by atoms with Crippen molar-refractivity contribution in [1.29, 1.82) is 0 Å². The predicted molar refractivity (Wildman–Crippen MR) is 68.9 cm³/mol. The molecule has 102 valence electrons. The first-order chi connectivity index (χ1) is 8.90. The van der Waals surface area contributed by atoms with Gasteiger partial charge in [-0.2, -0.15) is 0 Å². The number of hydrogen-bond donors (Lipinski definition) is 3. The van der Waals surface area contributed by atoms with Crippen molar-refractivity contribution in [2.24, 2.45) is 0 Å². The molecule has 1 aliphatic rings. The summed E-state index contributed by atoms with van der Waals surface area (Å²) in [6.07, 6.45) is -0.866. The average Bonchev–Trinajstić information content (AvgIpc) is 2.74. The Labute approximate surface area is 117 Å². The standard InChI is InChI=1S/C12H12BrNO5/c13-6-1-2-10(16)8(3-6)11(17)14-5-7(15)4-9(14)12(18)19/h1-3,7,9,15-16H,4-5H2,(H,18,19)/t7-,9-/m0/s1. The van der Waals surface area contributed by atoms with Gasteiger partial charge in [-0.1, -0.05) is 15.9 Å². The maximum atomic E-state index is 12.3. The zero-order valence-electron chi connectivity index (χ0n) is 9.78. The van der Waals surface area contributed by atoms with Gasteiger partial charge in [0.25, 0.3) is 5.91 Å². The van der Waals surface area contributed by atoms with E-state index in [0.29, 0.717) is 4.47 Å². The number of benzene rings is 1. The van der Waals surface area contributed by atoms with Crippen LogP contribution in [0.25, 0.3) is 0 Å². The van der Waals surface area contributed by atoms with E-state index in [9.17, 15) is 19.8 Å². The molecule has 0 bridgehead atoms. The Bertz CT molecular complexity index is 533.